The molecule has 0 bridgehead atoms. The summed E-state index contributed by atoms with van der Waals surface area (Å²) in [6.07, 6.45) is -10.9. The average Bonchev–Trinajstić information content (AvgIpc) is 2.63. The van der Waals surface area contributed by atoms with Crippen molar-refractivity contribution in [2.45, 2.75) is 61.7 Å². The molecule has 0 saturated heterocycles. The van der Waals surface area contributed by atoms with Gasteiger partial charge in [0.15, 0.2) is 0 Å². The van der Waals surface area contributed by atoms with Gasteiger partial charge < -0.3 is 0 Å². The molecule has 1 aromatic rings. The second-order valence-corrected chi connectivity index (χ2v) is 10.2. The summed E-state index contributed by atoms with van der Waals surface area (Å²) in [5.74, 6) is -34.1. The molecule has 0 spiro atoms. The molecule has 0 aliphatic heterocycles. The third-order valence-corrected chi connectivity index (χ3v) is 6.24. The van der Waals surface area contributed by atoms with Gasteiger partial charge in [-0.2, -0.15) is 57.1 Å². The van der Waals surface area contributed by atoms with Crippen molar-refractivity contribution in [3.8, 4) is 0 Å². The number of benzene rings is 1. The Hall–Kier alpha value is -1.73. The highest BCUT2D eigenvalue weighted by molar-refractivity contribution is 6.65. The summed E-state index contributed by atoms with van der Waals surface area (Å²) in [6, 6.07) is 6.16. The van der Waals surface area contributed by atoms with Crippen molar-refractivity contribution in [1.29, 1.82) is 0 Å². The molecule has 0 radical (unpaired) electrons. The lowest BCUT2D eigenvalue weighted by Gasteiger charge is -2.40. The highest BCUT2D eigenvalue weighted by atomic mass is 28.3. The van der Waals surface area contributed by atoms with Crippen molar-refractivity contribution in [3.63, 3.8) is 0 Å². The molecule has 184 valence electrons. The summed E-state index contributed by atoms with van der Waals surface area (Å²) in [4.78, 5) is 0. The zero-order chi connectivity index (χ0) is 25.4. The lowest BCUT2D eigenvalue weighted by molar-refractivity contribution is -0.396. The van der Waals surface area contributed by atoms with E-state index in [1.54, 1.807) is 0 Å². The summed E-state index contributed by atoms with van der Waals surface area (Å²) in [7, 11) is -3.17. The van der Waals surface area contributed by atoms with Crippen LogP contribution in [-0.4, -0.2) is 44.6 Å². The van der Waals surface area contributed by atoms with Crippen LogP contribution in [0.2, 0.25) is 13.1 Å². The van der Waals surface area contributed by atoms with E-state index in [4.69, 9.17) is 0 Å². The maximum Gasteiger partial charge on any atom is 0.389 e. The lowest BCUT2D eigenvalue weighted by atomic mass is 9.91. The molecule has 0 fully saturated rings. The Kier molecular flexibility index (Phi) is 7.87. The molecule has 0 aromatic heterocycles. The average molecular weight is 508 g/mol. The van der Waals surface area contributed by atoms with Gasteiger partial charge in [0, 0.05) is 12.8 Å². The first kappa shape index (κ1) is 28.3. The van der Waals surface area contributed by atoms with Crippen LogP contribution < -0.4 is 0 Å². The smallest absolute Gasteiger partial charge is 0.200 e. The summed E-state index contributed by atoms with van der Waals surface area (Å²) < 4.78 is 176. The number of hydrogen-bond acceptors (Lipinski definition) is 0. The van der Waals surface area contributed by atoms with Crippen LogP contribution in [0.5, 0.6) is 0 Å². The molecule has 14 heteroatoms. The van der Waals surface area contributed by atoms with E-state index in [0.717, 1.165) is 25.2 Å². The van der Waals surface area contributed by atoms with Crippen molar-refractivity contribution in [1.82, 2.24) is 0 Å². The Morgan fingerprint density at radius 3 is 1.56 bits per heavy atom. The Labute approximate surface area is 175 Å². The summed E-state index contributed by atoms with van der Waals surface area (Å²) in [6.45, 7) is 1.96. The predicted octanol–water partition coefficient (Wildman–Crippen LogP) is 7.61. The van der Waals surface area contributed by atoms with Gasteiger partial charge in [-0.25, -0.2) is 0 Å². The quantitative estimate of drug-likeness (QED) is 0.238. The van der Waals surface area contributed by atoms with E-state index in [9.17, 15) is 57.1 Å². The minimum atomic E-state index is -7.41. The third kappa shape index (κ3) is 5.25. The molecule has 0 heterocycles. The molecule has 0 aliphatic rings. The van der Waals surface area contributed by atoms with Crippen LogP contribution in [0.1, 0.15) is 18.4 Å². The lowest BCUT2D eigenvalue weighted by Crippen LogP contribution is -2.68. The molecule has 0 nitrogen and oxygen atoms in total. The Bertz CT molecular complexity index is 795. The molecular formula is C18H17F13Si. The number of alkyl halides is 13. The first-order valence-electron chi connectivity index (χ1n) is 8.85. The van der Waals surface area contributed by atoms with Crippen LogP contribution in [0.25, 0.3) is 6.08 Å². The number of hydrogen-bond donors (Lipinski definition) is 0. The summed E-state index contributed by atoms with van der Waals surface area (Å²) in [5, 5.41) is -1.64. The van der Waals surface area contributed by atoms with E-state index in [0.29, 0.717) is 6.08 Å². The van der Waals surface area contributed by atoms with Crippen molar-refractivity contribution in [2.24, 2.45) is 0 Å². The molecule has 0 aliphatic carbocycles. The van der Waals surface area contributed by atoms with E-state index in [-0.39, 0.29) is 5.56 Å². The van der Waals surface area contributed by atoms with Crippen LogP contribution in [0.3, 0.4) is 0 Å². The van der Waals surface area contributed by atoms with Gasteiger partial charge in [-0.15, -0.1) is 0 Å². The topological polar surface area (TPSA) is 0 Å². The minimum Gasteiger partial charge on any atom is -0.200 e. The predicted molar refractivity (Wildman–Crippen MR) is 93.3 cm³/mol. The molecule has 32 heavy (non-hydrogen) atoms. The SMILES string of the molecule is C[SiH](C)C(=Cc1ccccc1)C(F)(F)C(F)(F)C(F)(F)C(F)(F)C(F)(F)CCC(F)(F)F. The van der Waals surface area contributed by atoms with Crippen molar-refractivity contribution >= 4 is 14.9 Å². The maximum atomic E-state index is 14.6. The molecule has 1 rings (SSSR count). The van der Waals surface area contributed by atoms with Gasteiger partial charge in [0.25, 0.3) is 0 Å². The molecule has 0 atom stereocenters. The van der Waals surface area contributed by atoms with Gasteiger partial charge in [-0.05, 0) is 10.8 Å². The van der Waals surface area contributed by atoms with Gasteiger partial charge in [-0.1, -0.05) is 49.5 Å². The van der Waals surface area contributed by atoms with Gasteiger partial charge in [-0.3, -0.25) is 0 Å². The van der Waals surface area contributed by atoms with Gasteiger partial charge in [0.1, 0.15) is 0 Å². The van der Waals surface area contributed by atoms with Gasteiger partial charge in [0.05, 0.1) is 8.80 Å². The molecule has 0 amide bonds. The van der Waals surface area contributed by atoms with Gasteiger partial charge in [0.2, 0.25) is 0 Å². The van der Waals surface area contributed by atoms with Crippen molar-refractivity contribution < 1.29 is 57.1 Å². The Morgan fingerprint density at radius 1 is 0.688 bits per heavy atom. The third-order valence-electron chi connectivity index (χ3n) is 4.47. The standard InChI is InChI=1S/C18H17F13Si/c1-32(2)12(10-11-6-4-3-5-7-11)15(24,25)17(28,29)18(30,31)16(26,27)13(19,20)8-9-14(21,22)23/h3-7,10,32H,8-9H2,1-2H3. The van der Waals surface area contributed by atoms with Crippen LogP contribution in [-0.2, 0) is 0 Å². The molecule has 0 N–H and O–H groups in total. The largest absolute Gasteiger partial charge is 0.389 e. The van der Waals surface area contributed by atoms with Crippen LogP contribution in [0.15, 0.2) is 35.5 Å². The number of rotatable bonds is 9. The van der Waals surface area contributed by atoms with Gasteiger partial charge >= 0.3 is 35.8 Å². The van der Waals surface area contributed by atoms with Crippen LogP contribution in [0.4, 0.5) is 57.1 Å². The summed E-state index contributed by atoms with van der Waals surface area (Å²) in [5.41, 5.74) is -0.176. The second-order valence-electron chi connectivity index (χ2n) is 7.28. The van der Waals surface area contributed by atoms with Crippen LogP contribution in [0, 0.1) is 0 Å². The minimum absolute atomic E-state index is 0.176. The van der Waals surface area contributed by atoms with Crippen molar-refractivity contribution in [3.05, 3.63) is 41.1 Å². The zero-order valence-corrected chi connectivity index (χ0v) is 17.5. The molecule has 1 aromatic carbocycles. The second kappa shape index (κ2) is 8.90. The first-order chi connectivity index (χ1) is 14.1. The molecular weight excluding hydrogens is 491 g/mol. The fraction of sp³-hybridized carbons (Fsp3) is 0.556. The van der Waals surface area contributed by atoms with E-state index in [1.165, 1.54) is 18.2 Å². The fourth-order valence-corrected chi connectivity index (χ4v) is 4.04. The van der Waals surface area contributed by atoms with Crippen LogP contribution >= 0.6 is 0 Å². The van der Waals surface area contributed by atoms with E-state index >= 15 is 0 Å². The zero-order valence-electron chi connectivity index (χ0n) is 16.4. The first-order valence-corrected chi connectivity index (χ1v) is 11.7. The Morgan fingerprint density at radius 2 is 1.16 bits per heavy atom. The number of halogens is 13. The summed E-state index contributed by atoms with van der Waals surface area (Å²) >= 11 is 0. The fourth-order valence-electron chi connectivity index (χ4n) is 2.61. The normalized spacial score (nSPS) is 15.4. The Balaban J connectivity index is 3.52. The van der Waals surface area contributed by atoms with E-state index in [1.807, 2.05) is 0 Å². The monoisotopic (exact) mass is 508 g/mol. The number of allylic oxidation sites excluding steroid dienone is 1. The molecule has 0 saturated carbocycles. The van der Waals surface area contributed by atoms with E-state index < -0.39 is 62.6 Å². The van der Waals surface area contributed by atoms with E-state index in [2.05, 4.69) is 0 Å². The van der Waals surface area contributed by atoms with Crippen molar-refractivity contribution in [2.75, 3.05) is 0 Å². The highest BCUT2D eigenvalue weighted by Crippen LogP contribution is 2.59. The molecule has 0 unspecified atom stereocenters. The highest BCUT2D eigenvalue weighted by Gasteiger charge is 2.86. The maximum absolute atomic E-state index is 14.6.